The summed E-state index contributed by atoms with van der Waals surface area (Å²) in [6, 6.07) is 12.9. The Kier molecular flexibility index (Phi) is 4.40. The van der Waals surface area contributed by atoms with Crippen molar-refractivity contribution < 1.29 is 12.8 Å². The molecule has 9 heteroatoms. The summed E-state index contributed by atoms with van der Waals surface area (Å²) in [4.78, 5) is 16.0. The van der Waals surface area contributed by atoms with Gasteiger partial charge in [0.1, 0.15) is 11.9 Å². The van der Waals surface area contributed by atoms with Gasteiger partial charge in [0, 0.05) is 32.6 Å². The number of oxazole rings is 1. The van der Waals surface area contributed by atoms with Crippen LogP contribution in [0.1, 0.15) is 17.4 Å². The molecule has 0 radical (unpaired) electrons. The molecule has 2 aromatic carbocycles. The molecule has 0 saturated carbocycles. The van der Waals surface area contributed by atoms with Crippen LogP contribution in [-0.2, 0) is 24.1 Å². The summed E-state index contributed by atoms with van der Waals surface area (Å²) < 4.78 is 37.1. The predicted molar refractivity (Wildman–Crippen MR) is 103 cm³/mol. The van der Waals surface area contributed by atoms with Crippen molar-refractivity contribution in [2.75, 3.05) is 0 Å². The summed E-state index contributed by atoms with van der Waals surface area (Å²) in [5.41, 5.74) is 1.49. The highest BCUT2D eigenvalue weighted by Gasteiger charge is 2.26. The predicted octanol–water partition coefficient (Wildman–Crippen LogP) is 1.93. The third kappa shape index (κ3) is 3.14. The summed E-state index contributed by atoms with van der Waals surface area (Å²) in [5.74, 6) is 0.00905. The molecule has 0 aliphatic heterocycles. The minimum Gasteiger partial charge on any atom is -0.408 e. The lowest BCUT2D eigenvalue weighted by Gasteiger charge is -2.19. The maximum Gasteiger partial charge on any atom is 0.419 e. The van der Waals surface area contributed by atoms with Gasteiger partial charge in [-0.2, -0.15) is 4.72 Å². The van der Waals surface area contributed by atoms with Crippen LogP contribution in [0.2, 0.25) is 0 Å². The Morgan fingerprint density at radius 3 is 2.54 bits per heavy atom. The summed E-state index contributed by atoms with van der Waals surface area (Å²) >= 11 is 0. The van der Waals surface area contributed by atoms with Gasteiger partial charge in [-0.05, 0) is 17.7 Å². The summed E-state index contributed by atoms with van der Waals surface area (Å²) in [6.45, 7) is 0. The molecule has 0 unspecified atom stereocenters. The van der Waals surface area contributed by atoms with Gasteiger partial charge in [0.2, 0.25) is 10.0 Å². The van der Waals surface area contributed by atoms with E-state index in [1.807, 2.05) is 30.3 Å². The quantitative estimate of drug-likeness (QED) is 0.554. The van der Waals surface area contributed by atoms with E-state index in [4.69, 9.17) is 4.42 Å². The zero-order valence-electron chi connectivity index (χ0n) is 15.2. The molecule has 4 rings (SSSR count). The van der Waals surface area contributed by atoms with Crippen molar-refractivity contribution in [3.63, 3.8) is 0 Å². The molecule has 2 heterocycles. The van der Waals surface area contributed by atoms with Crippen LogP contribution >= 0.6 is 0 Å². The molecule has 1 N–H and O–H groups in total. The number of aryl methyl sites for hydroxylation is 2. The second-order valence-electron chi connectivity index (χ2n) is 6.42. The molecule has 144 valence electrons. The van der Waals surface area contributed by atoms with Crippen LogP contribution in [-0.4, -0.2) is 22.5 Å². The minimum atomic E-state index is -3.92. The SMILES string of the molecule is Cn1ccnc1[C@H](NS(=O)(=O)c1ccc2c(c1)oc(=O)n2C)c1ccccc1. The van der Waals surface area contributed by atoms with Crippen LogP contribution in [0.5, 0.6) is 0 Å². The van der Waals surface area contributed by atoms with Gasteiger partial charge in [-0.15, -0.1) is 0 Å². The number of sulfonamides is 1. The van der Waals surface area contributed by atoms with Crippen LogP contribution in [0, 0.1) is 0 Å². The van der Waals surface area contributed by atoms with Crippen LogP contribution in [0.3, 0.4) is 0 Å². The molecule has 28 heavy (non-hydrogen) atoms. The highest BCUT2D eigenvalue weighted by Crippen LogP contribution is 2.24. The number of fused-ring (bicyclic) bond motifs is 1. The fourth-order valence-electron chi connectivity index (χ4n) is 3.08. The second kappa shape index (κ2) is 6.77. The molecule has 4 aromatic rings. The van der Waals surface area contributed by atoms with Crippen molar-refractivity contribution in [2.24, 2.45) is 14.1 Å². The van der Waals surface area contributed by atoms with Gasteiger partial charge >= 0.3 is 5.76 Å². The molecule has 0 aliphatic rings. The van der Waals surface area contributed by atoms with Crippen molar-refractivity contribution >= 4 is 21.1 Å². The van der Waals surface area contributed by atoms with Gasteiger partial charge in [-0.25, -0.2) is 18.2 Å². The van der Waals surface area contributed by atoms with Gasteiger partial charge in [0.25, 0.3) is 0 Å². The molecule has 1 atom stereocenters. The van der Waals surface area contributed by atoms with Crippen molar-refractivity contribution in [3.8, 4) is 0 Å². The zero-order chi connectivity index (χ0) is 19.9. The molecular weight excluding hydrogens is 380 g/mol. The molecule has 8 nitrogen and oxygen atoms in total. The van der Waals surface area contributed by atoms with Gasteiger partial charge in [-0.1, -0.05) is 30.3 Å². The van der Waals surface area contributed by atoms with Crippen molar-refractivity contribution in [1.82, 2.24) is 18.8 Å². The van der Waals surface area contributed by atoms with E-state index in [0.29, 0.717) is 11.3 Å². The van der Waals surface area contributed by atoms with Crippen molar-refractivity contribution in [1.29, 1.82) is 0 Å². The maximum atomic E-state index is 13.1. The molecule has 0 saturated heterocycles. The standard InChI is InChI=1S/C19H18N4O4S/c1-22-11-10-20-18(22)17(13-6-4-3-5-7-13)21-28(25,26)14-8-9-15-16(12-14)27-19(24)23(15)2/h3-12,17,21H,1-2H3/t17-/m1/s1. The highest BCUT2D eigenvalue weighted by molar-refractivity contribution is 7.89. The average molecular weight is 398 g/mol. The fourth-order valence-corrected chi connectivity index (χ4v) is 4.27. The maximum absolute atomic E-state index is 13.1. The van der Waals surface area contributed by atoms with E-state index >= 15 is 0 Å². The van der Waals surface area contributed by atoms with Gasteiger partial charge in [-0.3, -0.25) is 4.57 Å². The number of benzene rings is 2. The van der Waals surface area contributed by atoms with Crippen molar-refractivity contribution in [3.05, 3.63) is 82.9 Å². The molecule has 0 amide bonds. The lowest BCUT2D eigenvalue weighted by molar-refractivity contribution is 0.527. The number of aromatic nitrogens is 3. The molecule has 0 fully saturated rings. The largest absolute Gasteiger partial charge is 0.419 e. The van der Waals surface area contributed by atoms with Crippen LogP contribution < -0.4 is 10.5 Å². The lowest BCUT2D eigenvalue weighted by Crippen LogP contribution is -2.31. The second-order valence-corrected chi connectivity index (χ2v) is 8.13. The number of hydrogen-bond donors (Lipinski definition) is 1. The summed E-state index contributed by atoms with van der Waals surface area (Å²) in [6.07, 6.45) is 3.37. The topological polar surface area (TPSA) is 99.1 Å². The first-order valence-corrected chi connectivity index (χ1v) is 9.99. The normalized spacial score (nSPS) is 13.1. The molecule has 0 aliphatic carbocycles. The molecule has 2 aromatic heterocycles. The van der Waals surface area contributed by atoms with Gasteiger partial charge in [0.05, 0.1) is 10.4 Å². The van der Waals surface area contributed by atoms with E-state index in [0.717, 1.165) is 5.56 Å². The van der Waals surface area contributed by atoms with Gasteiger partial charge in [0.15, 0.2) is 5.58 Å². The monoisotopic (exact) mass is 398 g/mol. The van der Waals surface area contributed by atoms with E-state index in [-0.39, 0.29) is 10.5 Å². The third-order valence-electron chi connectivity index (χ3n) is 4.60. The number of imidazole rings is 1. The van der Waals surface area contributed by atoms with E-state index in [1.165, 1.54) is 16.7 Å². The number of nitrogens with one attached hydrogen (secondary N) is 1. The number of hydrogen-bond acceptors (Lipinski definition) is 5. The Hall–Kier alpha value is -3.17. The molecule has 0 spiro atoms. The number of rotatable bonds is 5. The number of nitrogens with zero attached hydrogens (tertiary/aromatic N) is 3. The minimum absolute atomic E-state index is 0.00416. The van der Waals surface area contributed by atoms with Crippen LogP contribution in [0.15, 0.2) is 75.0 Å². The smallest absolute Gasteiger partial charge is 0.408 e. The van der Waals surface area contributed by atoms with E-state index < -0.39 is 21.8 Å². The van der Waals surface area contributed by atoms with Crippen LogP contribution in [0.4, 0.5) is 0 Å². The summed E-state index contributed by atoms with van der Waals surface area (Å²) in [5, 5.41) is 0. The first-order chi connectivity index (χ1) is 13.4. The highest BCUT2D eigenvalue weighted by atomic mass is 32.2. The molecular formula is C19H18N4O4S. The fraction of sp³-hybridized carbons (Fsp3) is 0.158. The Labute approximate surface area is 161 Å². The van der Waals surface area contributed by atoms with Crippen molar-refractivity contribution in [2.45, 2.75) is 10.9 Å². The first-order valence-electron chi connectivity index (χ1n) is 8.51. The Balaban J connectivity index is 1.77. The van der Waals surface area contributed by atoms with Gasteiger partial charge < -0.3 is 8.98 Å². The van der Waals surface area contributed by atoms with E-state index in [9.17, 15) is 13.2 Å². The average Bonchev–Trinajstić information content (AvgIpc) is 3.23. The van der Waals surface area contributed by atoms with Crippen LogP contribution in [0.25, 0.3) is 11.1 Å². The Morgan fingerprint density at radius 2 is 1.86 bits per heavy atom. The first kappa shape index (κ1) is 18.2. The Morgan fingerprint density at radius 1 is 1.11 bits per heavy atom. The van der Waals surface area contributed by atoms with E-state index in [1.54, 1.807) is 37.1 Å². The van der Waals surface area contributed by atoms with E-state index in [2.05, 4.69) is 9.71 Å². The third-order valence-corrected chi connectivity index (χ3v) is 6.02. The lowest BCUT2D eigenvalue weighted by atomic mass is 10.1. The molecule has 0 bridgehead atoms. The Bertz CT molecular complexity index is 1300. The summed E-state index contributed by atoms with van der Waals surface area (Å²) in [7, 11) is -0.555. The zero-order valence-corrected chi connectivity index (χ0v) is 16.1.